The number of halogens is 1. The number of aromatic nitrogens is 3. The zero-order valence-corrected chi connectivity index (χ0v) is 21.8. The first-order valence-electron chi connectivity index (χ1n) is 11.8. The average Bonchev–Trinajstić information content (AvgIpc) is 2.84. The highest BCUT2D eigenvalue weighted by Gasteiger charge is 2.26. The maximum Gasteiger partial charge on any atom is 0.225 e. The molecule has 3 aromatic rings. The number of Topliss-reactive ketones (excluding diaryl/α,β-unsaturated/α-hetero) is 1. The summed E-state index contributed by atoms with van der Waals surface area (Å²) in [6.45, 7) is 6.36. The van der Waals surface area contributed by atoms with Crippen LogP contribution < -0.4 is 20.1 Å². The van der Waals surface area contributed by atoms with Gasteiger partial charge in [0, 0.05) is 36.3 Å². The molecular weight excluding hydrogens is 466 g/mol. The summed E-state index contributed by atoms with van der Waals surface area (Å²) < 4.78 is 10.8. The number of unbranched alkanes of at least 4 members (excludes halogenated alkanes) is 1. The molecule has 188 valence electrons. The molecular formula is C26H34ClN5O3. The fourth-order valence-electron chi connectivity index (χ4n) is 3.89. The molecule has 9 heteroatoms. The lowest BCUT2D eigenvalue weighted by Crippen LogP contribution is -2.36. The Bertz CT molecular complexity index is 1170. The van der Waals surface area contributed by atoms with E-state index in [9.17, 15) is 4.79 Å². The predicted molar refractivity (Wildman–Crippen MR) is 141 cm³/mol. The second-order valence-corrected chi connectivity index (χ2v) is 9.38. The van der Waals surface area contributed by atoms with Crippen LogP contribution in [-0.2, 0) is 11.3 Å². The molecule has 0 unspecified atom stereocenters. The van der Waals surface area contributed by atoms with Crippen LogP contribution in [0.1, 0.15) is 58.4 Å². The van der Waals surface area contributed by atoms with Crippen molar-refractivity contribution in [2.24, 2.45) is 0 Å². The number of carbonyl (C=O) groups is 1. The van der Waals surface area contributed by atoms with Crippen LogP contribution in [0, 0.1) is 0 Å². The van der Waals surface area contributed by atoms with Crippen LogP contribution in [0.4, 0.5) is 11.8 Å². The van der Waals surface area contributed by atoms with Crippen molar-refractivity contribution in [3.8, 4) is 11.5 Å². The van der Waals surface area contributed by atoms with Crippen LogP contribution in [0.2, 0.25) is 5.02 Å². The zero-order chi connectivity index (χ0) is 25.4. The van der Waals surface area contributed by atoms with E-state index in [1.165, 1.54) is 0 Å². The molecule has 1 aromatic carbocycles. The first kappa shape index (κ1) is 26.5. The van der Waals surface area contributed by atoms with E-state index in [0.717, 1.165) is 30.6 Å². The van der Waals surface area contributed by atoms with E-state index in [1.807, 2.05) is 18.2 Å². The van der Waals surface area contributed by atoms with Crippen molar-refractivity contribution >= 4 is 40.2 Å². The third-order valence-corrected chi connectivity index (χ3v) is 6.17. The fraction of sp³-hybridized carbons (Fsp3) is 0.462. The highest BCUT2D eigenvalue weighted by Crippen LogP contribution is 2.30. The summed E-state index contributed by atoms with van der Waals surface area (Å²) in [5.41, 5.74) is 1.88. The topological polar surface area (TPSA) is 98.3 Å². The monoisotopic (exact) mass is 499 g/mol. The Hall–Kier alpha value is -3.13. The van der Waals surface area contributed by atoms with Crippen molar-refractivity contribution < 1.29 is 14.3 Å². The number of pyridine rings is 1. The number of hydrogen-bond donors (Lipinski definition) is 2. The van der Waals surface area contributed by atoms with Gasteiger partial charge in [0.25, 0.3) is 0 Å². The van der Waals surface area contributed by atoms with E-state index in [4.69, 9.17) is 26.1 Å². The lowest BCUT2D eigenvalue weighted by Gasteiger charge is -2.32. The molecule has 0 aliphatic carbocycles. The number of nitrogens with zero attached hydrogens (tertiary/aromatic N) is 3. The van der Waals surface area contributed by atoms with Gasteiger partial charge in [0.05, 0.1) is 24.8 Å². The number of nitrogens with one attached hydrogen (secondary N) is 2. The van der Waals surface area contributed by atoms with Crippen LogP contribution >= 0.6 is 11.6 Å². The highest BCUT2D eigenvalue weighted by atomic mass is 35.5. The zero-order valence-electron chi connectivity index (χ0n) is 21.1. The Kier molecular flexibility index (Phi) is 9.09. The average molecular weight is 500 g/mol. The van der Waals surface area contributed by atoms with Gasteiger partial charge in [-0.3, -0.25) is 0 Å². The van der Waals surface area contributed by atoms with E-state index >= 15 is 0 Å². The lowest BCUT2D eigenvalue weighted by atomic mass is 9.89. The second kappa shape index (κ2) is 12.0. The number of benzene rings is 1. The predicted octanol–water partition coefficient (Wildman–Crippen LogP) is 6.04. The molecule has 2 aromatic heterocycles. The van der Waals surface area contributed by atoms with Gasteiger partial charge in [-0.05, 0) is 44.9 Å². The minimum atomic E-state index is -0.319. The lowest BCUT2D eigenvalue weighted by molar-refractivity contribution is -0.117. The van der Waals surface area contributed by atoms with E-state index < -0.39 is 0 Å². The summed E-state index contributed by atoms with van der Waals surface area (Å²) in [6.07, 6.45) is 5.79. The summed E-state index contributed by atoms with van der Waals surface area (Å²) in [5.74, 6) is 2.64. The Morgan fingerprint density at radius 1 is 1.14 bits per heavy atom. The summed E-state index contributed by atoms with van der Waals surface area (Å²) in [5, 5.41) is 7.39. The van der Waals surface area contributed by atoms with Crippen molar-refractivity contribution in [3.63, 3.8) is 0 Å². The molecule has 1 atom stereocenters. The van der Waals surface area contributed by atoms with Crippen molar-refractivity contribution in [2.75, 3.05) is 24.9 Å². The number of ketones is 1. The molecule has 0 aliphatic heterocycles. The number of anilines is 2. The maximum absolute atomic E-state index is 11.7. The van der Waals surface area contributed by atoms with Crippen molar-refractivity contribution in [3.05, 3.63) is 41.0 Å². The van der Waals surface area contributed by atoms with Gasteiger partial charge in [0.1, 0.15) is 22.8 Å². The minimum absolute atomic E-state index is 0.169. The molecule has 35 heavy (non-hydrogen) atoms. The number of fused-ring (bicyclic) bond motifs is 1. The number of ether oxygens (including phenoxy) is 2. The van der Waals surface area contributed by atoms with E-state index in [0.29, 0.717) is 53.0 Å². The quantitative estimate of drug-likeness (QED) is 0.294. The number of rotatable bonds is 13. The first-order valence-corrected chi connectivity index (χ1v) is 12.2. The van der Waals surface area contributed by atoms with Crippen LogP contribution in [0.15, 0.2) is 30.5 Å². The SMILES string of the molecule is CCCC[C@](C)(CCC(C)=O)Nc1nc(NCc2ccc(OC)cc2OC)nc2cc(Cl)cnc12. The summed E-state index contributed by atoms with van der Waals surface area (Å²) >= 11 is 6.22. The molecule has 3 rings (SSSR count). The number of hydrogen-bond acceptors (Lipinski definition) is 8. The third kappa shape index (κ3) is 7.18. The minimum Gasteiger partial charge on any atom is -0.497 e. The first-order chi connectivity index (χ1) is 16.8. The van der Waals surface area contributed by atoms with Crippen molar-refractivity contribution in [1.29, 1.82) is 0 Å². The van der Waals surface area contributed by atoms with Gasteiger partial charge in [-0.1, -0.05) is 31.4 Å². The fourth-order valence-corrected chi connectivity index (χ4v) is 4.04. The van der Waals surface area contributed by atoms with Crippen molar-refractivity contribution in [2.45, 2.75) is 65.0 Å². The largest absolute Gasteiger partial charge is 0.497 e. The molecule has 0 saturated carbocycles. The molecule has 0 saturated heterocycles. The van der Waals surface area contributed by atoms with Crippen LogP contribution in [0.25, 0.3) is 11.0 Å². The van der Waals surface area contributed by atoms with Gasteiger partial charge in [-0.15, -0.1) is 0 Å². The third-order valence-electron chi connectivity index (χ3n) is 5.96. The van der Waals surface area contributed by atoms with E-state index in [1.54, 1.807) is 33.4 Å². The van der Waals surface area contributed by atoms with Gasteiger partial charge in [0.2, 0.25) is 5.95 Å². The molecule has 0 fully saturated rings. The molecule has 0 spiro atoms. The van der Waals surface area contributed by atoms with Crippen molar-refractivity contribution in [1.82, 2.24) is 15.0 Å². The van der Waals surface area contributed by atoms with Gasteiger partial charge in [0.15, 0.2) is 5.82 Å². The standard InChI is InChI=1S/C26H34ClN5O3/c1-6-7-11-26(3,12-10-17(2)33)32-24-23-21(13-19(27)16-28-23)30-25(31-24)29-15-18-8-9-20(34-4)14-22(18)35-5/h8-9,13-14,16H,6-7,10-12,15H2,1-5H3,(H2,29,30,31,32)/t26-/m1/s1. The summed E-state index contributed by atoms with van der Waals surface area (Å²) in [4.78, 5) is 25.6. The molecule has 8 nitrogen and oxygen atoms in total. The van der Waals surface area contributed by atoms with Crippen LogP contribution in [0.3, 0.4) is 0 Å². The van der Waals surface area contributed by atoms with E-state index in [-0.39, 0.29) is 11.3 Å². The van der Waals surface area contributed by atoms with Gasteiger partial charge in [-0.2, -0.15) is 4.98 Å². The smallest absolute Gasteiger partial charge is 0.225 e. The van der Waals surface area contributed by atoms with Crippen LogP contribution in [0.5, 0.6) is 11.5 Å². The van der Waals surface area contributed by atoms with E-state index in [2.05, 4.69) is 34.4 Å². The van der Waals surface area contributed by atoms with Gasteiger partial charge < -0.3 is 24.9 Å². The Morgan fingerprint density at radius 3 is 2.63 bits per heavy atom. The highest BCUT2D eigenvalue weighted by molar-refractivity contribution is 6.31. The number of carbonyl (C=O) groups excluding carboxylic acids is 1. The summed E-state index contributed by atoms with van der Waals surface area (Å²) in [6, 6.07) is 7.43. The van der Waals surface area contributed by atoms with Gasteiger partial charge >= 0.3 is 0 Å². The Labute approximate surface area is 211 Å². The normalized spacial score (nSPS) is 12.7. The molecule has 2 N–H and O–H groups in total. The van der Waals surface area contributed by atoms with Crippen LogP contribution in [-0.4, -0.2) is 40.5 Å². The number of methoxy groups -OCH3 is 2. The second-order valence-electron chi connectivity index (χ2n) is 8.94. The molecule has 2 heterocycles. The Balaban J connectivity index is 1.94. The maximum atomic E-state index is 11.7. The molecule has 0 bridgehead atoms. The molecule has 0 radical (unpaired) electrons. The van der Waals surface area contributed by atoms with Gasteiger partial charge in [-0.25, -0.2) is 9.97 Å². The molecule has 0 amide bonds. The Morgan fingerprint density at radius 2 is 1.94 bits per heavy atom. The molecule has 0 aliphatic rings. The summed E-state index contributed by atoms with van der Waals surface area (Å²) in [7, 11) is 3.24.